The maximum atomic E-state index is 11.5. The topological polar surface area (TPSA) is 49.8 Å². The van der Waals surface area contributed by atoms with Crippen LogP contribution >= 0.6 is 0 Å². The van der Waals surface area contributed by atoms with Crippen molar-refractivity contribution in [1.82, 2.24) is 0 Å². The summed E-state index contributed by atoms with van der Waals surface area (Å²) in [6.07, 6.45) is 0. The molecule has 1 heterocycles. The Labute approximate surface area is 94.4 Å². The Morgan fingerprint density at radius 2 is 2.06 bits per heavy atom. The fourth-order valence-electron chi connectivity index (χ4n) is 1.89. The molecule has 1 saturated heterocycles. The highest BCUT2D eigenvalue weighted by Gasteiger charge is 2.17. The van der Waals surface area contributed by atoms with Crippen LogP contribution in [0.5, 0.6) is 5.75 Å². The Morgan fingerprint density at radius 1 is 1.38 bits per heavy atom. The van der Waals surface area contributed by atoms with Gasteiger partial charge in [0, 0.05) is 24.3 Å². The Kier molecular flexibility index (Phi) is 3.10. The van der Waals surface area contributed by atoms with Gasteiger partial charge in [-0.15, -0.1) is 0 Å². The van der Waals surface area contributed by atoms with Crippen molar-refractivity contribution in [3.63, 3.8) is 0 Å². The number of Topliss-reactive ketones (excluding diaryl/α,β-unsaturated/α-hetero) is 1. The Hall–Kier alpha value is -1.55. The smallest absolute Gasteiger partial charge is 0.162 e. The van der Waals surface area contributed by atoms with Crippen LogP contribution < -0.4 is 4.90 Å². The van der Waals surface area contributed by atoms with Gasteiger partial charge in [0.05, 0.1) is 13.2 Å². The number of aromatic hydroxyl groups is 1. The van der Waals surface area contributed by atoms with E-state index >= 15 is 0 Å². The summed E-state index contributed by atoms with van der Waals surface area (Å²) in [7, 11) is 0. The number of carbonyl (C=O) groups excluding carboxylic acids is 1. The number of phenolic OH excluding ortho intramolecular Hbond substituents is 1. The number of ether oxygens (including phenoxy) is 1. The monoisotopic (exact) mass is 221 g/mol. The average molecular weight is 221 g/mol. The normalized spacial score (nSPS) is 16.2. The molecular formula is C12H15NO3. The molecule has 2 rings (SSSR count). The van der Waals surface area contributed by atoms with Crippen LogP contribution in [-0.4, -0.2) is 37.2 Å². The number of hydrogen-bond acceptors (Lipinski definition) is 4. The van der Waals surface area contributed by atoms with Crippen molar-refractivity contribution < 1.29 is 14.6 Å². The predicted molar refractivity (Wildman–Crippen MR) is 61.1 cm³/mol. The van der Waals surface area contributed by atoms with Crippen molar-refractivity contribution in [2.45, 2.75) is 6.92 Å². The van der Waals surface area contributed by atoms with Crippen LogP contribution in [0, 0.1) is 0 Å². The number of carbonyl (C=O) groups is 1. The van der Waals surface area contributed by atoms with Crippen LogP contribution in [0.25, 0.3) is 0 Å². The minimum absolute atomic E-state index is 0.0302. The zero-order valence-electron chi connectivity index (χ0n) is 9.27. The van der Waals surface area contributed by atoms with E-state index in [0.717, 1.165) is 18.8 Å². The maximum absolute atomic E-state index is 11.5. The van der Waals surface area contributed by atoms with Crippen molar-refractivity contribution in [1.29, 1.82) is 0 Å². The van der Waals surface area contributed by atoms with E-state index in [1.54, 1.807) is 12.1 Å². The van der Waals surface area contributed by atoms with E-state index in [2.05, 4.69) is 4.90 Å². The molecule has 0 unspecified atom stereocenters. The molecule has 1 aliphatic rings. The number of anilines is 1. The van der Waals surface area contributed by atoms with Crippen LogP contribution in [0.4, 0.5) is 5.69 Å². The lowest BCUT2D eigenvalue weighted by molar-refractivity contribution is 0.101. The van der Waals surface area contributed by atoms with Gasteiger partial charge in [0.2, 0.25) is 0 Å². The fourth-order valence-corrected chi connectivity index (χ4v) is 1.89. The SMILES string of the molecule is CC(=O)c1cc(O)ccc1N1CCOCC1. The summed E-state index contributed by atoms with van der Waals surface area (Å²) in [5.74, 6) is 0.0969. The second-order valence-electron chi connectivity index (χ2n) is 3.86. The third-order valence-electron chi connectivity index (χ3n) is 2.71. The molecule has 0 bridgehead atoms. The Morgan fingerprint density at radius 3 is 2.69 bits per heavy atom. The minimum atomic E-state index is -0.0302. The van der Waals surface area contributed by atoms with Gasteiger partial charge in [-0.25, -0.2) is 0 Å². The lowest BCUT2D eigenvalue weighted by Gasteiger charge is -2.30. The second kappa shape index (κ2) is 4.53. The van der Waals surface area contributed by atoms with E-state index in [0.29, 0.717) is 18.8 Å². The lowest BCUT2D eigenvalue weighted by atomic mass is 10.1. The molecule has 1 aromatic rings. The highest BCUT2D eigenvalue weighted by Crippen LogP contribution is 2.26. The summed E-state index contributed by atoms with van der Waals surface area (Å²) in [6.45, 7) is 4.44. The number of hydrogen-bond donors (Lipinski definition) is 1. The van der Waals surface area contributed by atoms with Crippen molar-refractivity contribution >= 4 is 11.5 Å². The Balaban J connectivity index is 2.34. The lowest BCUT2D eigenvalue weighted by Crippen LogP contribution is -2.37. The summed E-state index contributed by atoms with van der Waals surface area (Å²) in [5.41, 5.74) is 1.45. The molecule has 0 spiro atoms. The van der Waals surface area contributed by atoms with E-state index in [4.69, 9.17) is 4.74 Å². The summed E-state index contributed by atoms with van der Waals surface area (Å²) < 4.78 is 5.27. The van der Waals surface area contributed by atoms with Gasteiger partial charge in [-0.2, -0.15) is 0 Å². The molecule has 0 radical (unpaired) electrons. The molecule has 0 atom stereocenters. The molecule has 0 aromatic heterocycles. The molecule has 0 aliphatic carbocycles. The second-order valence-corrected chi connectivity index (χ2v) is 3.86. The highest BCUT2D eigenvalue weighted by atomic mass is 16.5. The van der Waals surface area contributed by atoms with Crippen molar-refractivity contribution in [3.8, 4) is 5.75 Å². The molecular weight excluding hydrogens is 206 g/mol. The quantitative estimate of drug-likeness (QED) is 0.767. The first-order valence-corrected chi connectivity index (χ1v) is 5.35. The van der Waals surface area contributed by atoms with Gasteiger partial charge in [0.1, 0.15) is 5.75 Å². The molecule has 4 heteroatoms. The number of nitrogens with zero attached hydrogens (tertiary/aromatic N) is 1. The number of benzene rings is 1. The zero-order chi connectivity index (χ0) is 11.5. The number of phenols is 1. The average Bonchev–Trinajstić information content (AvgIpc) is 2.30. The largest absolute Gasteiger partial charge is 0.508 e. The molecule has 1 N–H and O–H groups in total. The van der Waals surface area contributed by atoms with Crippen LogP contribution in [0.3, 0.4) is 0 Å². The fraction of sp³-hybridized carbons (Fsp3) is 0.417. The third-order valence-corrected chi connectivity index (χ3v) is 2.71. The summed E-state index contributed by atoms with van der Waals surface area (Å²) in [4.78, 5) is 13.6. The summed E-state index contributed by atoms with van der Waals surface area (Å²) >= 11 is 0. The molecule has 4 nitrogen and oxygen atoms in total. The molecule has 0 saturated carbocycles. The standard InChI is InChI=1S/C12H15NO3/c1-9(14)11-8-10(15)2-3-12(11)13-4-6-16-7-5-13/h2-3,8,15H,4-7H2,1H3. The molecule has 1 aromatic carbocycles. The van der Waals surface area contributed by atoms with Gasteiger partial charge in [-0.05, 0) is 25.1 Å². The van der Waals surface area contributed by atoms with Gasteiger partial charge < -0.3 is 14.7 Å². The molecule has 86 valence electrons. The van der Waals surface area contributed by atoms with Crippen LogP contribution in [0.15, 0.2) is 18.2 Å². The molecule has 16 heavy (non-hydrogen) atoms. The van der Waals surface area contributed by atoms with Gasteiger partial charge in [0.25, 0.3) is 0 Å². The van der Waals surface area contributed by atoms with Gasteiger partial charge in [-0.3, -0.25) is 4.79 Å². The van der Waals surface area contributed by atoms with E-state index in [9.17, 15) is 9.90 Å². The van der Waals surface area contributed by atoms with Gasteiger partial charge in [-0.1, -0.05) is 0 Å². The molecule has 1 fully saturated rings. The van der Waals surface area contributed by atoms with E-state index in [1.165, 1.54) is 13.0 Å². The molecule has 0 amide bonds. The zero-order valence-corrected chi connectivity index (χ0v) is 9.27. The van der Waals surface area contributed by atoms with Crippen molar-refractivity contribution in [2.24, 2.45) is 0 Å². The number of ketones is 1. The van der Waals surface area contributed by atoms with Gasteiger partial charge in [0.15, 0.2) is 5.78 Å². The van der Waals surface area contributed by atoms with Crippen LogP contribution in [0.2, 0.25) is 0 Å². The van der Waals surface area contributed by atoms with E-state index < -0.39 is 0 Å². The number of rotatable bonds is 2. The Bertz CT molecular complexity index is 397. The number of morpholine rings is 1. The minimum Gasteiger partial charge on any atom is -0.508 e. The van der Waals surface area contributed by atoms with E-state index in [1.807, 2.05) is 0 Å². The third kappa shape index (κ3) is 2.17. The van der Waals surface area contributed by atoms with Crippen molar-refractivity contribution in [3.05, 3.63) is 23.8 Å². The first-order valence-electron chi connectivity index (χ1n) is 5.35. The molecule has 1 aliphatic heterocycles. The van der Waals surface area contributed by atoms with Gasteiger partial charge >= 0.3 is 0 Å². The van der Waals surface area contributed by atoms with Crippen LogP contribution in [-0.2, 0) is 4.74 Å². The predicted octanol–water partition coefficient (Wildman–Crippen LogP) is 1.43. The van der Waals surface area contributed by atoms with Crippen molar-refractivity contribution in [2.75, 3.05) is 31.2 Å². The van der Waals surface area contributed by atoms with E-state index in [-0.39, 0.29) is 11.5 Å². The first-order chi connectivity index (χ1) is 7.68. The summed E-state index contributed by atoms with van der Waals surface area (Å²) in [5, 5.41) is 9.39. The summed E-state index contributed by atoms with van der Waals surface area (Å²) in [6, 6.07) is 4.92. The van der Waals surface area contributed by atoms with Crippen LogP contribution in [0.1, 0.15) is 17.3 Å². The first kappa shape index (κ1) is 11.0. The maximum Gasteiger partial charge on any atom is 0.162 e. The highest BCUT2D eigenvalue weighted by molar-refractivity contribution is 6.00.